The summed E-state index contributed by atoms with van der Waals surface area (Å²) in [4.78, 5) is 22.3. The lowest BCUT2D eigenvalue weighted by molar-refractivity contribution is -0.131. The number of likely N-dealkylation sites (tertiary alicyclic amines) is 1. The van der Waals surface area contributed by atoms with Crippen molar-refractivity contribution in [1.29, 1.82) is 0 Å². The zero-order valence-electron chi connectivity index (χ0n) is 10.5. The molecule has 1 amide bonds. The molecular weight excluding hydrogens is 248 g/mol. The zero-order chi connectivity index (χ0) is 13.0. The van der Waals surface area contributed by atoms with Gasteiger partial charge in [0, 0.05) is 25.5 Å². The van der Waals surface area contributed by atoms with Crippen molar-refractivity contribution in [3.8, 4) is 0 Å². The third kappa shape index (κ3) is 3.13. The Morgan fingerprint density at radius 2 is 2.00 bits per heavy atom. The second-order valence-electron chi connectivity index (χ2n) is 4.39. The van der Waals surface area contributed by atoms with Crippen LogP contribution in [0.1, 0.15) is 26.2 Å². The number of carbonyl (C=O) groups is 1. The highest BCUT2D eigenvalue weighted by Gasteiger charge is 2.23. The molecule has 1 fully saturated rings. The highest BCUT2D eigenvalue weighted by atomic mass is 32.2. The van der Waals surface area contributed by atoms with E-state index < -0.39 is 0 Å². The molecule has 0 bridgehead atoms. The monoisotopic (exact) mass is 266 g/mol. The number of rotatable bonds is 3. The fraction of sp³-hybridized carbons (Fsp3) is 0.583. The molecule has 0 saturated carbocycles. The van der Waals surface area contributed by atoms with Crippen molar-refractivity contribution in [3.63, 3.8) is 0 Å². The molecule has 2 N–H and O–H groups in total. The minimum atomic E-state index is -0.165. The average Bonchev–Trinajstić information content (AvgIpc) is 2.41. The van der Waals surface area contributed by atoms with Gasteiger partial charge in [-0.05, 0) is 26.2 Å². The van der Waals surface area contributed by atoms with Gasteiger partial charge in [-0.25, -0.2) is 9.97 Å². The molecule has 1 unspecified atom stereocenters. The van der Waals surface area contributed by atoms with E-state index in [1.54, 1.807) is 12.4 Å². The molecule has 1 saturated heterocycles. The van der Waals surface area contributed by atoms with E-state index in [0.717, 1.165) is 25.9 Å². The van der Waals surface area contributed by atoms with Crippen molar-refractivity contribution < 1.29 is 4.79 Å². The first-order valence-corrected chi connectivity index (χ1v) is 7.08. The van der Waals surface area contributed by atoms with Crippen molar-refractivity contribution in [3.05, 3.63) is 12.4 Å². The molecule has 1 atom stereocenters. The minimum absolute atomic E-state index is 0.165. The third-order valence-corrected chi connectivity index (χ3v) is 4.09. The minimum Gasteiger partial charge on any atom is -0.381 e. The van der Waals surface area contributed by atoms with Gasteiger partial charge in [0.15, 0.2) is 5.82 Å². The summed E-state index contributed by atoms with van der Waals surface area (Å²) in [6.07, 6.45) is 6.59. The maximum atomic E-state index is 12.2. The molecular formula is C12H18N4OS. The quantitative estimate of drug-likeness (QED) is 0.840. The predicted octanol–water partition coefficient (Wildman–Crippen LogP) is 1.55. The van der Waals surface area contributed by atoms with Crippen LogP contribution in [-0.2, 0) is 4.79 Å². The molecule has 0 aliphatic carbocycles. The van der Waals surface area contributed by atoms with E-state index in [4.69, 9.17) is 5.73 Å². The number of thioether (sulfide) groups is 1. The third-order valence-electron chi connectivity index (χ3n) is 3.00. The van der Waals surface area contributed by atoms with Gasteiger partial charge >= 0.3 is 0 Å². The van der Waals surface area contributed by atoms with Crippen LogP contribution < -0.4 is 5.73 Å². The number of piperidine rings is 1. The number of nitrogens with two attached hydrogens (primary N) is 1. The number of nitrogen functional groups attached to an aromatic ring is 1. The number of carbonyl (C=O) groups excluding carboxylic acids is 1. The predicted molar refractivity (Wildman–Crippen MR) is 72.2 cm³/mol. The summed E-state index contributed by atoms with van der Waals surface area (Å²) >= 11 is 1.38. The molecule has 0 spiro atoms. The second-order valence-corrected chi connectivity index (χ2v) is 5.72. The molecule has 2 heterocycles. The Morgan fingerprint density at radius 1 is 1.33 bits per heavy atom. The summed E-state index contributed by atoms with van der Waals surface area (Å²) in [5.41, 5.74) is 5.73. The lowest BCUT2D eigenvalue weighted by atomic mass is 10.1. The van der Waals surface area contributed by atoms with E-state index in [0.29, 0.717) is 10.8 Å². The van der Waals surface area contributed by atoms with Gasteiger partial charge in [0.2, 0.25) is 5.91 Å². The molecule has 5 nitrogen and oxygen atoms in total. The molecule has 98 valence electrons. The Morgan fingerprint density at radius 3 is 2.67 bits per heavy atom. The zero-order valence-corrected chi connectivity index (χ0v) is 11.3. The number of amides is 1. The first kappa shape index (κ1) is 13.1. The van der Waals surface area contributed by atoms with Crippen LogP contribution in [0, 0.1) is 0 Å². The Kier molecular flexibility index (Phi) is 4.41. The van der Waals surface area contributed by atoms with E-state index in [2.05, 4.69) is 9.97 Å². The summed E-state index contributed by atoms with van der Waals surface area (Å²) in [7, 11) is 0. The van der Waals surface area contributed by atoms with E-state index in [1.165, 1.54) is 18.2 Å². The van der Waals surface area contributed by atoms with Crippen LogP contribution in [0.15, 0.2) is 17.4 Å². The number of aromatic nitrogens is 2. The standard InChI is InChI=1S/C12H18N4OS/c1-9(12(17)16-7-3-2-4-8-16)18-11-10(13)14-5-6-15-11/h5-6,9H,2-4,7-8H2,1H3,(H2,13,14). The Hall–Kier alpha value is -1.30. The van der Waals surface area contributed by atoms with Gasteiger partial charge in [-0.1, -0.05) is 11.8 Å². The van der Waals surface area contributed by atoms with Crippen LogP contribution in [0.25, 0.3) is 0 Å². The van der Waals surface area contributed by atoms with Crippen molar-refractivity contribution in [2.24, 2.45) is 0 Å². The summed E-state index contributed by atoms with van der Waals surface area (Å²) in [6, 6.07) is 0. The van der Waals surface area contributed by atoms with Crippen molar-refractivity contribution in [2.45, 2.75) is 36.5 Å². The van der Waals surface area contributed by atoms with Crippen molar-refractivity contribution in [2.75, 3.05) is 18.8 Å². The summed E-state index contributed by atoms with van der Waals surface area (Å²) in [6.45, 7) is 3.65. The Bertz CT molecular complexity index is 420. The van der Waals surface area contributed by atoms with Crippen LogP contribution >= 0.6 is 11.8 Å². The molecule has 6 heteroatoms. The van der Waals surface area contributed by atoms with Crippen LogP contribution in [0.2, 0.25) is 0 Å². The molecule has 1 aromatic heterocycles. The van der Waals surface area contributed by atoms with Crippen molar-refractivity contribution in [1.82, 2.24) is 14.9 Å². The van der Waals surface area contributed by atoms with Crippen molar-refractivity contribution >= 4 is 23.5 Å². The fourth-order valence-electron chi connectivity index (χ4n) is 2.02. The SMILES string of the molecule is CC(Sc1nccnc1N)C(=O)N1CCCCC1. The molecule has 2 rings (SSSR count). The van der Waals surface area contributed by atoms with Gasteiger partial charge in [0.1, 0.15) is 5.03 Å². The molecule has 1 aliphatic rings. The second kappa shape index (κ2) is 6.04. The number of hydrogen-bond donors (Lipinski definition) is 1. The maximum absolute atomic E-state index is 12.2. The molecule has 18 heavy (non-hydrogen) atoms. The molecule has 1 aliphatic heterocycles. The normalized spacial score (nSPS) is 17.5. The molecule has 0 aromatic carbocycles. The topological polar surface area (TPSA) is 72.1 Å². The first-order valence-electron chi connectivity index (χ1n) is 6.20. The number of hydrogen-bond acceptors (Lipinski definition) is 5. The van der Waals surface area contributed by atoms with Gasteiger partial charge < -0.3 is 10.6 Å². The van der Waals surface area contributed by atoms with Crippen LogP contribution in [0.4, 0.5) is 5.82 Å². The van der Waals surface area contributed by atoms with Gasteiger partial charge in [-0.2, -0.15) is 0 Å². The highest BCUT2D eigenvalue weighted by Crippen LogP contribution is 2.26. The smallest absolute Gasteiger partial charge is 0.235 e. The van der Waals surface area contributed by atoms with Gasteiger partial charge in [0.25, 0.3) is 0 Å². The summed E-state index contributed by atoms with van der Waals surface area (Å²) in [5.74, 6) is 0.561. The molecule has 0 radical (unpaired) electrons. The van der Waals surface area contributed by atoms with E-state index in [-0.39, 0.29) is 11.2 Å². The Balaban J connectivity index is 1.96. The highest BCUT2D eigenvalue weighted by molar-refractivity contribution is 8.00. The summed E-state index contributed by atoms with van der Waals surface area (Å²) < 4.78 is 0. The fourth-order valence-corrected chi connectivity index (χ4v) is 2.90. The van der Waals surface area contributed by atoms with Gasteiger partial charge in [-0.15, -0.1) is 0 Å². The maximum Gasteiger partial charge on any atom is 0.235 e. The van der Waals surface area contributed by atoms with Gasteiger partial charge in [-0.3, -0.25) is 4.79 Å². The largest absolute Gasteiger partial charge is 0.381 e. The van der Waals surface area contributed by atoms with E-state index >= 15 is 0 Å². The molecule has 1 aromatic rings. The lowest BCUT2D eigenvalue weighted by Gasteiger charge is -2.28. The van der Waals surface area contributed by atoms with Crippen LogP contribution in [0.3, 0.4) is 0 Å². The van der Waals surface area contributed by atoms with Gasteiger partial charge in [0.05, 0.1) is 5.25 Å². The number of nitrogens with zero attached hydrogens (tertiary/aromatic N) is 3. The lowest BCUT2D eigenvalue weighted by Crippen LogP contribution is -2.40. The van der Waals surface area contributed by atoms with E-state index in [9.17, 15) is 4.79 Å². The van der Waals surface area contributed by atoms with Crippen LogP contribution in [-0.4, -0.2) is 39.1 Å². The first-order chi connectivity index (χ1) is 8.68. The average molecular weight is 266 g/mol. The van der Waals surface area contributed by atoms with E-state index in [1.807, 2.05) is 11.8 Å². The Labute approximate surface area is 111 Å². The number of anilines is 1. The summed E-state index contributed by atoms with van der Waals surface area (Å²) in [5, 5.41) is 0.470. The van der Waals surface area contributed by atoms with Crippen LogP contribution in [0.5, 0.6) is 0 Å².